The second kappa shape index (κ2) is 9.33. The number of aryl methyl sites for hydroxylation is 1. The molecule has 0 bridgehead atoms. The van der Waals surface area contributed by atoms with E-state index in [1.807, 2.05) is 47.4 Å². The molecule has 0 unspecified atom stereocenters. The normalized spacial score (nSPS) is 16.4. The van der Waals surface area contributed by atoms with E-state index in [2.05, 4.69) is 17.4 Å². The molecule has 0 spiro atoms. The molecule has 1 aliphatic rings. The van der Waals surface area contributed by atoms with Crippen LogP contribution in [0.15, 0.2) is 54.6 Å². The van der Waals surface area contributed by atoms with Crippen molar-refractivity contribution in [2.75, 3.05) is 20.2 Å². The summed E-state index contributed by atoms with van der Waals surface area (Å²) in [5.41, 5.74) is 3.58. The molecule has 5 nitrogen and oxygen atoms in total. The van der Waals surface area contributed by atoms with Crippen LogP contribution in [0.25, 0.3) is 0 Å². The summed E-state index contributed by atoms with van der Waals surface area (Å²) in [6.07, 6.45) is 2.39. The van der Waals surface area contributed by atoms with Crippen molar-refractivity contribution in [3.05, 3.63) is 71.3 Å². The summed E-state index contributed by atoms with van der Waals surface area (Å²) >= 11 is 0. The first kappa shape index (κ1) is 19.1. The highest BCUT2D eigenvalue weighted by Gasteiger charge is 2.33. The third-order valence-corrected chi connectivity index (χ3v) is 4.97. The van der Waals surface area contributed by atoms with Gasteiger partial charge >= 0.3 is 5.97 Å². The number of hydrogen-bond donors (Lipinski definition) is 1. The van der Waals surface area contributed by atoms with Crippen LogP contribution >= 0.6 is 0 Å². The Morgan fingerprint density at radius 2 is 1.78 bits per heavy atom. The van der Waals surface area contributed by atoms with Crippen molar-refractivity contribution in [3.8, 4) is 0 Å². The van der Waals surface area contributed by atoms with E-state index in [1.165, 1.54) is 12.7 Å². The molecule has 1 N–H and O–H groups in total. The van der Waals surface area contributed by atoms with Crippen LogP contribution in [0, 0.1) is 0 Å². The minimum atomic E-state index is -0.417. The summed E-state index contributed by atoms with van der Waals surface area (Å²) in [7, 11) is 1.39. The first-order valence-electron chi connectivity index (χ1n) is 9.36. The van der Waals surface area contributed by atoms with Gasteiger partial charge in [0.15, 0.2) is 0 Å². The Bertz CT molecular complexity index is 776. The molecule has 27 heavy (non-hydrogen) atoms. The lowest BCUT2D eigenvalue weighted by Gasteiger charge is -2.34. The molecule has 0 aromatic heterocycles. The molecular formula is C22H26N2O3. The van der Waals surface area contributed by atoms with Crippen molar-refractivity contribution in [3.63, 3.8) is 0 Å². The van der Waals surface area contributed by atoms with Crippen molar-refractivity contribution in [1.29, 1.82) is 0 Å². The predicted octanol–water partition coefficient (Wildman–Crippen LogP) is 2.34. The molecular weight excluding hydrogens is 340 g/mol. The van der Waals surface area contributed by atoms with E-state index in [9.17, 15) is 9.59 Å². The minimum absolute atomic E-state index is 0.0589. The van der Waals surface area contributed by atoms with Gasteiger partial charge in [-0.2, -0.15) is 0 Å². The summed E-state index contributed by atoms with van der Waals surface area (Å²) < 4.78 is 4.95. The summed E-state index contributed by atoms with van der Waals surface area (Å²) in [5, 5.41) is 2.97. The smallest absolute Gasteiger partial charge is 0.323 e. The monoisotopic (exact) mass is 366 g/mol. The van der Waals surface area contributed by atoms with E-state index in [0.717, 1.165) is 24.0 Å². The van der Waals surface area contributed by atoms with E-state index in [4.69, 9.17) is 4.74 Å². The van der Waals surface area contributed by atoms with Crippen LogP contribution < -0.4 is 5.32 Å². The largest absolute Gasteiger partial charge is 0.468 e. The van der Waals surface area contributed by atoms with Gasteiger partial charge in [-0.05, 0) is 36.0 Å². The van der Waals surface area contributed by atoms with Gasteiger partial charge in [-0.25, -0.2) is 0 Å². The summed E-state index contributed by atoms with van der Waals surface area (Å²) in [6, 6.07) is 17.9. The number of benzene rings is 2. The second-order valence-electron chi connectivity index (χ2n) is 6.86. The molecule has 0 fully saturated rings. The molecule has 5 heteroatoms. The third kappa shape index (κ3) is 5.17. The molecule has 0 saturated carbocycles. The van der Waals surface area contributed by atoms with Crippen LogP contribution in [0.5, 0.6) is 0 Å². The molecule has 2 aromatic rings. The molecule has 1 heterocycles. The van der Waals surface area contributed by atoms with Gasteiger partial charge in [-0.3, -0.25) is 14.5 Å². The number of nitrogens with one attached hydrogen (secondary N) is 1. The van der Waals surface area contributed by atoms with Gasteiger partial charge < -0.3 is 10.1 Å². The number of rotatable bonds is 7. The standard InChI is InChI=1S/C22H26N2O3/c1-27-22(26)20-14-18-11-5-6-12-19(18)15-24(20)16-21(25)23-13-7-10-17-8-3-2-4-9-17/h2-6,8-9,11-12,20H,7,10,13-16H2,1H3,(H,23,25)/t20-/m1/s1. The Morgan fingerprint density at radius 1 is 1.07 bits per heavy atom. The number of nitrogens with zero attached hydrogens (tertiary/aromatic N) is 1. The molecule has 0 saturated heterocycles. The van der Waals surface area contributed by atoms with Gasteiger partial charge in [0, 0.05) is 13.1 Å². The average Bonchev–Trinajstić information content (AvgIpc) is 2.71. The zero-order valence-electron chi connectivity index (χ0n) is 15.7. The van der Waals surface area contributed by atoms with Gasteiger partial charge in [0.2, 0.25) is 5.91 Å². The lowest BCUT2D eigenvalue weighted by atomic mass is 9.94. The maximum atomic E-state index is 12.4. The highest BCUT2D eigenvalue weighted by molar-refractivity contribution is 5.81. The number of ether oxygens (including phenoxy) is 1. The van der Waals surface area contributed by atoms with Crippen molar-refractivity contribution < 1.29 is 14.3 Å². The Hall–Kier alpha value is -2.66. The molecule has 0 aliphatic carbocycles. The number of amides is 1. The van der Waals surface area contributed by atoms with Crippen molar-refractivity contribution in [2.45, 2.75) is 31.8 Å². The number of carbonyl (C=O) groups is 2. The van der Waals surface area contributed by atoms with Gasteiger partial charge in [-0.15, -0.1) is 0 Å². The maximum Gasteiger partial charge on any atom is 0.323 e. The molecule has 142 valence electrons. The van der Waals surface area contributed by atoms with Crippen LogP contribution in [0.2, 0.25) is 0 Å². The van der Waals surface area contributed by atoms with Gasteiger partial charge in [-0.1, -0.05) is 54.6 Å². The Balaban J connectivity index is 1.52. The second-order valence-corrected chi connectivity index (χ2v) is 6.86. The SMILES string of the molecule is COC(=O)[C@H]1Cc2ccccc2CN1CC(=O)NCCCc1ccccc1. The Labute approximate surface area is 160 Å². The van der Waals surface area contributed by atoms with Crippen LogP contribution in [0.1, 0.15) is 23.1 Å². The predicted molar refractivity (Wildman–Crippen MR) is 104 cm³/mol. The number of methoxy groups -OCH3 is 1. The summed E-state index contributed by atoms with van der Waals surface area (Å²) in [4.78, 5) is 26.5. The van der Waals surface area contributed by atoms with Crippen LogP contribution in [-0.2, 0) is 33.7 Å². The van der Waals surface area contributed by atoms with E-state index in [1.54, 1.807) is 0 Å². The molecule has 1 amide bonds. The maximum absolute atomic E-state index is 12.4. The van der Waals surface area contributed by atoms with E-state index in [0.29, 0.717) is 19.5 Å². The van der Waals surface area contributed by atoms with E-state index < -0.39 is 6.04 Å². The third-order valence-electron chi connectivity index (χ3n) is 4.97. The summed E-state index contributed by atoms with van der Waals surface area (Å²) in [5.74, 6) is -0.349. The Morgan fingerprint density at radius 3 is 2.52 bits per heavy atom. The van der Waals surface area contributed by atoms with Crippen molar-refractivity contribution in [2.24, 2.45) is 0 Å². The lowest BCUT2D eigenvalue weighted by molar-refractivity contribution is -0.148. The summed E-state index contributed by atoms with van der Waals surface area (Å²) in [6.45, 7) is 1.40. The van der Waals surface area contributed by atoms with Crippen LogP contribution in [0.3, 0.4) is 0 Å². The van der Waals surface area contributed by atoms with Crippen molar-refractivity contribution in [1.82, 2.24) is 10.2 Å². The quantitative estimate of drug-likeness (QED) is 0.604. The fourth-order valence-corrected chi connectivity index (χ4v) is 3.52. The number of fused-ring (bicyclic) bond motifs is 1. The topological polar surface area (TPSA) is 58.6 Å². The highest BCUT2D eigenvalue weighted by atomic mass is 16.5. The molecule has 1 aliphatic heterocycles. The minimum Gasteiger partial charge on any atom is -0.468 e. The van der Waals surface area contributed by atoms with Gasteiger partial charge in [0.25, 0.3) is 0 Å². The van der Waals surface area contributed by atoms with E-state index in [-0.39, 0.29) is 18.4 Å². The molecule has 3 rings (SSSR count). The first-order chi connectivity index (χ1) is 13.2. The average molecular weight is 366 g/mol. The fourth-order valence-electron chi connectivity index (χ4n) is 3.52. The fraction of sp³-hybridized carbons (Fsp3) is 0.364. The molecule has 2 aromatic carbocycles. The molecule has 0 radical (unpaired) electrons. The van der Waals surface area contributed by atoms with Gasteiger partial charge in [0.05, 0.1) is 13.7 Å². The highest BCUT2D eigenvalue weighted by Crippen LogP contribution is 2.23. The zero-order chi connectivity index (χ0) is 19.1. The number of esters is 1. The zero-order valence-corrected chi connectivity index (χ0v) is 15.7. The van der Waals surface area contributed by atoms with Crippen molar-refractivity contribution >= 4 is 11.9 Å². The first-order valence-corrected chi connectivity index (χ1v) is 9.36. The number of carbonyl (C=O) groups excluding carboxylic acids is 2. The van der Waals surface area contributed by atoms with Crippen LogP contribution in [0.4, 0.5) is 0 Å². The van der Waals surface area contributed by atoms with Gasteiger partial charge in [0.1, 0.15) is 6.04 Å². The van der Waals surface area contributed by atoms with Crippen LogP contribution in [-0.4, -0.2) is 43.0 Å². The lowest BCUT2D eigenvalue weighted by Crippen LogP contribution is -2.50. The Kier molecular flexibility index (Phi) is 6.60. The molecule has 1 atom stereocenters. The van der Waals surface area contributed by atoms with E-state index >= 15 is 0 Å². The number of hydrogen-bond acceptors (Lipinski definition) is 4.